The largest absolute Gasteiger partial charge is 0.357 e. The van der Waals surface area contributed by atoms with Crippen molar-refractivity contribution >= 4 is 29.4 Å². The average Bonchev–Trinajstić information content (AvgIpc) is 2.38. The van der Waals surface area contributed by atoms with Crippen molar-refractivity contribution < 1.29 is 4.79 Å². The van der Waals surface area contributed by atoms with Crippen LogP contribution in [-0.2, 0) is 4.79 Å². The van der Waals surface area contributed by atoms with Crippen molar-refractivity contribution in [3.63, 3.8) is 0 Å². The molecule has 1 amide bonds. The van der Waals surface area contributed by atoms with Crippen LogP contribution in [0, 0.1) is 0 Å². The van der Waals surface area contributed by atoms with Gasteiger partial charge in [-0.1, -0.05) is 0 Å². The van der Waals surface area contributed by atoms with Gasteiger partial charge in [0.25, 0.3) is 0 Å². The van der Waals surface area contributed by atoms with Gasteiger partial charge in [-0.05, 0) is 24.4 Å². The van der Waals surface area contributed by atoms with Gasteiger partial charge in [-0.3, -0.25) is 4.79 Å². The molecule has 2 N–H and O–H groups in total. The van der Waals surface area contributed by atoms with Crippen LogP contribution in [-0.4, -0.2) is 47.0 Å². The fourth-order valence-electron chi connectivity index (χ4n) is 2.10. The number of anilines is 2. The molecule has 0 aliphatic carbocycles. The minimum Gasteiger partial charge on any atom is -0.357 e. The second-order valence-corrected chi connectivity index (χ2v) is 4.78. The molecule has 1 fully saturated rings. The van der Waals surface area contributed by atoms with E-state index in [-0.39, 0.29) is 17.2 Å². The number of carbonyl (C=O) groups is 1. The van der Waals surface area contributed by atoms with Crippen LogP contribution < -0.4 is 15.5 Å². The van der Waals surface area contributed by atoms with Gasteiger partial charge in [-0.25, -0.2) is 0 Å². The van der Waals surface area contributed by atoms with Crippen molar-refractivity contribution in [1.29, 1.82) is 0 Å². The number of nitrogens with zero attached hydrogens (tertiary/aromatic N) is 4. The van der Waals surface area contributed by atoms with Gasteiger partial charge in [0.1, 0.15) is 0 Å². The molecule has 104 valence electrons. The lowest BCUT2D eigenvalue weighted by atomic mass is 10.1. The van der Waals surface area contributed by atoms with Crippen LogP contribution in [0.15, 0.2) is 0 Å². The van der Waals surface area contributed by atoms with Crippen molar-refractivity contribution in [2.75, 3.05) is 30.4 Å². The van der Waals surface area contributed by atoms with E-state index < -0.39 is 0 Å². The van der Waals surface area contributed by atoms with Gasteiger partial charge in [0.2, 0.25) is 23.1 Å². The molecule has 8 heteroatoms. The molecule has 0 unspecified atom stereocenters. The third-order valence-electron chi connectivity index (χ3n) is 3.01. The van der Waals surface area contributed by atoms with Crippen LogP contribution >= 0.6 is 11.6 Å². The van der Waals surface area contributed by atoms with Crippen molar-refractivity contribution in [2.45, 2.75) is 25.8 Å². The summed E-state index contributed by atoms with van der Waals surface area (Å²) in [6, 6.07) is 0.231. The summed E-state index contributed by atoms with van der Waals surface area (Å²) in [7, 11) is 1.73. The number of hydrogen-bond acceptors (Lipinski definition) is 6. The van der Waals surface area contributed by atoms with E-state index >= 15 is 0 Å². The molecule has 0 bridgehead atoms. The molecular weight excluding hydrogens is 268 g/mol. The Balaban J connectivity index is 2.01. The van der Waals surface area contributed by atoms with Gasteiger partial charge in [0, 0.05) is 33.1 Å². The Kier molecular flexibility index (Phi) is 4.36. The smallest absolute Gasteiger partial charge is 0.231 e. The predicted octanol–water partition coefficient (Wildman–Crippen LogP) is 0.672. The minimum absolute atomic E-state index is 0.0131. The summed E-state index contributed by atoms with van der Waals surface area (Å²) in [5, 5.41) is 5.96. The van der Waals surface area contributed by atoms with Crippen molar-refractivity contribution in [2.24, 2.45) is 0 Å². The predicted molar refractivity (Wildman–Crippen MR) is 73.4 cm³/mol. The molecular formula is C11H17ClN6O. The number of amides is 1. The fourth-order valence-corrected chi connectivity index (χ4v) is 2.26. The first kappa shape index (κ1) is 13.8. The summed E-state index contributed by atoms with van der Waals surface area (Å²) >= 11 is 5.86. The van der Waals surface area contributed by atoms with E-state index in [0.717, 1.165) is 25.9 Å². The SMILES string of the molecule is CNc1nc(Cl)nc(N2CCC(NC(C)=O)CC2)n1. The van der Waals surface area contributed by atoms with Crippen LogP contribution in [0.2, 0.25) is 5.28 Å². The first-order valence-corrected chi connectivity index (χ1v) is 6.57. The lowest BCUT2D eigenvalue weighted by molar-refractivity contribution is -0.119. The summed E-state index contributed by atoms with van der Waals surface area (Å²) in [6.45, 7) is 3.11. The van der Waals surface area contributed by atoms with Crippen molar-refractivity contribution in [3.05, 3.63) is 5.28 Å². The highest BCUT2D eigenvalue weighted by Crippen LogP contribution is 2.18. The zero-order chi connectivity index (χ0) is 13.8. The fraction of sp³-hybridized carbons (Fsp3) is 0.636. The zero-order valence-electron chi connectivity index (χ0n) is 11.0. The first-order valence-electron chi connectivity index (χ1n) is 6.20. The molecule has 7 nitrogen and oxygen atoms in total. The average molecular weight is 285 g/mol. The third kappa shape index (κ3) is 3.66. The van der Waals surface area contributed by atoms with Crippen LogP contribution in [0.5, 0.6) is 0 Å². The molecule has 1 aliphatic heterocycles. The highest BCUT2D eigenvalue weighted by atomic mass is 35.5. The third-order valence-corrected chi connectivity index (χ3v) is 3.17. The second-order valence-electron chi connectivity index (χ2n) is 4.44. The Morgan fingerprint density at radius 1 is 1.32 bits per heavy atom. The van der Waals surface area contributed by atoms with E-state index in [2.05, 4.69) is 25.6 Å². The Bertz CT molecular complexity index is 460. The first-order chi connectivity index (χ1) is 9.08. The molecule has 2 rings (SSSR count). The molecule has 19 heavy (non-hydrogen) atoms. The summed E-state index contributed by atoms with van der Waals surface area (Å²) in [4.78, 5) is 25.4. The van der Waals surface area contributed by atoms with E-state index in [0.29, 0.717) is 11.9 Å². The number of hydrogen-bond donors (Lipinski definition) is 2. The number of piperidine rings is 1. The summed E-state index contributed by atoms with van der Waals surface area (Å²) in [5.74, 6) is 1.05. The zero-order valence-corrected chi connectivity index (χ0v) is 11.7. The number of nitrogens with one attached hydrogen (secondary N) is 2. The Labute approximate surface area is 116 Å². The van der Waals surface area contributed by atoms with Crippen LogP contribution in [0.3, 0.4) is 0 Å². The number of carbonyl (C=O) groups excluding carboxylic acids is 1. The van der Waals surface area contributed by atoms with E-state index in [1.165, 1.54) is 6.92 Å². The van der Waals surface area contributed by atoms with E-state index in [9.17, 15) is 4.79 Å². The maximum absolute atomic E-state index is 11.0. The Hall–Kier alpha value is -1.63. The maximum Gasteiger partial charge on any atom is 0.231 e. The van der Waals surface area contributed by atoms with Gasteiger partial charge in [0.15, 0.2) is 0 Å². The van der Waals surface area contributed by atoms with Crippen LogP contribution in [0.25, 0.3) is 0 Å². The standard InChI is InChI=1S/C11H17ClN6O/c1-7(19)14-8-3-5-18(6-4-8)11-16-9(12)15-10(13-2)17-11/h8H,3-6H2,1-2H3,(H,14,19)(H,13,15,16,17). The number of halogens is 1. The summed E-state index contributed by atoms with van der Waals surface area (Å²) in [5.41, 5.74) is 0. The topological polar surface area (TPSA) is 83.0 Å². The van der Waals surface area contributed by atoms with Gasteiger partial charge < -0.3 is 15.5 Å². The van der Waals surface area contributed by atoms with Crippen LogP contribution in [0.1, 0.15) is 19.8 Å². The molecule has 0 aromatic carbocycles. The quantitative estimate of drug-likeness (QED) is 0.849. The highest BCUT2D eigenvalue weighted by molar-refractivity contribution is 6.28. The molecule has 0 radical (unpaired) electrons. The van der Waals surface area contributed by atoms with E-state index in [1.807, 2.05) is 4.90 Å². The van der Waals surface area contributed by atoms with Crippen molar-refractivity contribution in [3.8, 4) is 0 Å². The highest BCUT2D eigenvalue weighted by Gasteiger charge is 2.22. The molecule has 1 aliphatic rings. The summed E-state index contributed by atoms with van der Waals surface area (Å²) < 4.78 is 0. The lowest BCUT2D eigenvalue weighted by Gasteiger charge is -2.32. The Morgan fingerprint density at radius 2 is 2.00 bits per heavy atom. The molecule has 1 aromatic rings. The normalized spacial score (nSPS) is 16.3. The second kappa shape index (κ2) is 6.01. The minimum atomic E-state index is 0.0131. The molecule has 2 heterocycles. The maximum atomic E-state index is 11.0. The number of aromatic nitrogens is 3. The number of rotatable bonds is 3. The lowest BCUT2D eigenvalue weighted by Crippen LogP contribution is -2.44. The molecule has 1 saturated heterocycles. The van der Waals surface area contributed by atoms with Crippen LogP contribution in [0.4, 0.5) is 11.9 Å². The monoisotopic (exact) mass is 284 g/mol. The van der Waals surface area contributed by atoms with Gasteiger partial charge in [-0.15, -0.1) is 0 Å². The Morgan fingerprint density at radius 3 is 2.58 bits per heavy atom. The molecule has 0 spiro atoms. The van der Waals surface area contributed by atoms with Gasteiger partial charge in [0.05, 0.1) is 0 Å². The van der Waals surface area contributed by atoms with E-state index in [4.69, 9.17) is 11.6 Å². The molecule has 0 saturated carbocycles. The molecule has 0 atom stereocenters. The van der Waals surface area contributed by atoms with E-state index in [1.54, 1.807) is 7.05 Å². The van der Waals surface area contributed by atoms with Gasteiger partial charge >= 0.3 is 0 Å². The summed E-state index contributed by atoms with van der Waals surface area (Å²) in [6.07, 6.45) is 1.75. The van der Waals surface area contributed by atoms with Gasteiger partial charge in [-0.2, -0.15) is 15.0 Å². The molecule has 1 aromatic heterocycles. The van der Waals surface area contributed by atoms with Crippen molar-refractivity contribution in [1.82, 2.24) is 20.3 Å².